The quantitative estimate of drug-likeness (QED) is 0.469. The summed E-state index contributed by atoms with van der Waals surface area (Å²) in [6.07, 6.45) is 0. The van der Waals surface area contributed by atoms with E-state index in [4.69, 9.17) is 0 Å². The number of nitrogens with zero attached hydrogens (tertiary/aromatic N) is 3. The van der Waals surface area contributed by atoms with E-state index in [2.05, 4.69) is 15.3 Å². The number of likely N-dealkylation sites (N-methyl/N-ethyl adjacent to an activating group) is 1. The summed E-state index contributed by atoms with van der Waals surface area (Å²) in [6, 6.07) is 12.3. The van der Waals surface area contributed by atoms with Crippen LogP contribution in [0.4, 0.5) is 11.4 Å². The molecule has 3 aromatic rings. The molecule has 0 saturated heterocycles. The third-order valence-electron chi connectivity index (χ3n) is 4.67. The highest BCUT2D eigenvalue weighted by molar-refractivity contribution is 5.94. The minimum absolute atomic E-state index is 0.0965. The van der Waals surface area contributed by atoms with Crippen LogP contribution in [0.25, 0.3) is 10.9 Å². The third-order valence-corrected chi connectivity index (χ3v) is 4.67. The molecule has 9 heteroatoms. The lowest BCUT2D eigenvalue weighted by atomic mass is 10.2. The molecule has 1 heterocycles. The Balaban J connectivity index is 1.75. The number of nitro benzene ring substituents is 1. The second kappa shape index (κ2) is 8.61. The van der Waals surface area contributed by atoms with Gasteiger partial charge in [-0.05, 0) is 31.7 Å². The second-order valence-electron chi connectivity index (χ2n) is 6.57. The molecule has 0 aliphatic rings. The fourth-order valence-electron chi connectivity index (χ4n) is 3.03. The van der Waals surface area contributed by atoms with E-state index in [-0.39, 0.29) is 23.7 Å². The molecule has 0 aliphatic carbocycles. The molecule has 150 valence electrons. The van der Waals surface area contributed by atoms with E-state index in [1.54, 1.807) is 31.2 Å². The predicted molar refractivity (Wildman–Crippen MR) is 110 cm³/mol. The maximum atomic E-state index is 12.6. The van der Waals surface area contributed by atoms with Crippen LogP contribution in [-0.2, 0) is 11.3 Å². The van der Waals surface area contributed by atoms with Crippen LogP contribution < -0.4 is 10.9 Å². The monoisotopic (exact) mass is 395 g/mol. The summed E-state index contributed by atoms with van der Waals surface area (Å²) in [7, 11) is 0. The van der Waals surface area contributed by atoms with Crippen molar-refractivity contribution in [1.29, 1.82) is 0 Å². The molecule has 1 atom stereocenters. The van der Waals surface area contributed by atoms with Gasteiger partial charge in [-0.1, -0.05) is 25.1 Å². The molecule has 9 nitrogen and oxygen atoms in total. The lowest BCUT2D eigenvalue weighted by Gasteiger charge is -2.26. The Hall–Kier alpha value is -3.59. The van der Waals surface area contributed by atoms with Crippen LogP contribution in [0.5, 0.6) is 0 Å². The zero-order valence-corrected chi connectivity index (χ0v) is 16.1. The molecule has 2 aromatic carbocycles. The van der Waals surface area contributed by atoms with E-state index >= 15 is 0 Å². The highest BCUT2D eigenvalue weighted by atomic mass is 16.6. The van der Waals surface area contributed by atoms with Crippen LogP contribution in [-0.4, -0.2) is 38.3 Å². The first-order valence-corrected chi connectivity index (χ1v) is 9.16. The zero-order valence-electron chi connectivity index (χ0n) is 16.1. The van der Waals surface area contributed by atoms with Crippen molar-refractivity contribution in [3.63, 3.8) is 0 Å². The molecule has 0 bridgehead atoms. The normalized spacial score (nSPS) is 12.1. The number of amides is 1. The van der Waals surface area contributed by atoms with Crippen molar-refractivity contribution in [1.82, 2.24) is 14.9 Å². The number of H-pyrrole nitrogens is 1. The number of hydrogen-bond donors (Lipinski definition) is 2. The molecule has 0 aliphatic heterocycles. The Morgan fingerprint density at radius 2 is 2.03 bits per heavy atom. The van der Waals surface area contributed by atoms with Gasteiger partial charge in [-0.15, -0.1) is 0 Å². The number of benzene rings is 2. The van der Waals surface area contributed by atoms with Crippen molar-refractivity contribution >= 4 is 28.2 Å². The molecule has 1 amide bonds. The van der Waals surface area contributed by atoms with Crippen LogP contribution in [0.15, 0.2) is 53.3 Å². The van der Waals surface area contributed by atoms with Gasteiger partial charge in [0.15, 0.2) is 0 Å². The Labute approximate surface area is 166 Å². The van der Waals surface area contributed by atoms with E-state index in [9.17, 15) is 19.7 Å². The number of non-ortho nitro benzene ring substituents is 1. The minimum Gasteiger partial charge on any atom is -0.324 e. The van der Waals surface area contributed by atoms with Crippen LogP contribution in [0.3, 0.4) is 0 Å². The average Bonchev–Trinajstić information content (AvgIpc) is 2.71. The Kier molecular flexibility index (Phi) is 5.99. The zero-order chi connectivity index (χ0) is 21.0. The molecule has 0 radical (unpaired) electrons. The summed E-state index contributed by atoms with van der Waals surface area (Å²) >= 11 is 0. The van der Waals surface area contributed by atoms with E-state index in [1.807, 2.05) is 17.9 Å². The summed E-state index contributed by atoms with van der Waals surface area (Å²) < 4.78 is 0. The number of nitro groups is 1. The number of fused-ring (bicyclic) bond motifs is 1. The molecule has 29 heavy (non-hydrogen) atoms. The molecular weight excluding hydrogens is 374 g/mol. The largest absolute Gasteiger partial charge is 0.324 e. The van der Waals surface area contributed by atoms with Gasteiger partial charge in [0, 0.05) is 17.8 Å². The van der Waals surface area contributed by atoms with E-state index < -0.39 is 11.0 Å². The van der Waals surface area contributed by atoms with E-state index in [1.165, 1.54) is 18.2 Å². The minimum atomic E-state index is -0.545. The molecule has 0 spiro atoms. The molecule has 1 aromatic heterocycles. The van der Waals surface area contributed by atoms with Gasteiger partial charge < -0.3 is 10.3 Å². The standard InChI is InChI=1S/C20H21N5O4/c1-3-24(12-18-22-17-10-5-4-9-16(17)20(27)23-18)13(2)19(26)21-14-7-6-8-15(11-14)25(28)29/h4-11,13H,3,12H2,1-2H3,(H,21,26)(H,22,23,27). The van der Waals surface area contributed by atoms with Gasteiger partial charge in [-0.2, -0.15) is 0 Å². The number of carbonyl (C=O) groups excluding carboxylic acids is 1. The fraction of sp³-hybridized carbons (Fsp3) is 0.250. The maximum absolute atomic E-state index is 12.6. The van der Waals surface area contributed by atoms with Crippen molar-refractivity contribution in [2.24, 2.45) is 0 Å². The molecular formula is C20H21N5O4. The Morgan fingerprint density at radius 3 is 2.76 bits per heavy atom. The average molecular weight is 395 g/mol. The summed E-state index contributed by atoms with van der Waals surface area (Å²) in [6.45, 7) is 4.45. The first-order chi connectivity index (χ1) is 13.9. The van der Waals surface area contributed by atoms with Gasteiger partial charge in [-0.3, -0.25) is 24.6 Å². The number of aromatic amines is 1. The van der Waals surface area contributed by atoms with Gasteiger partial charge in [0.2, 0.25) is 5.91 Å². The molecule has 0 fully saturated rings. The number of nitrogens with one attached hydrogen (secondary N) is 2. The maximum Gasteiger partial charge on any atom is 0.271 e. The van der Waals surface area contributed by atoms with Crippen molar-refractivity contribution in [3.05, 3.63) is 74.8 Å². The van der Waals surface area contributed by atoms with Crippen LogP contribution in [0, 0.1) is 10.1 Å². The van der Waals surface area contributed by atoms with Crippen molar-refractivity contribution in [2.75, 3.05) is 11.9 Å². The van der Waals surface area contributed by atoms with E-state index in [0.29, 0.717) is 29.0 Å². The number of para-hydroxylation sites is 1. The summed E-state index contributed by atoms with van der Waals surface area (Å²) in [5.41, 5.74) is 0.622. The summed E-state index contributed by atoms with van der Waals surface area (Å²) in [5, 5.41) is 14.1. The van der Waals surface area contributed by atoms with Crippen molar-refractivity contribution in [3.8, 4) is 0 Å². The van der Waals surface area contributed by atoms with Crippen LogP contribution >= 0.6 is 0 Å². The summed E-state index contributed by atoms with van der Waals surface area (Å²) in [5.74, 6) is 0.154. The van der Waals surface area contributed by atoms with Gasteiger partial charge in [0.25, 0.3) is 11.2 Å². The first-order valence-electron chi connectivity index (χ1n) is 9.16. The number of hydrogen-bond acceptors (Lipinski definition) is 6. The van der Waals surface area contributed by atoms with Gasteiger partial charge in [0.05, 0.1) is 28.4 Å². The number of aromatic nitrogens is 2. The van der Waals surface area contributed by atoms with Crippen molar-refractivity contribution in [2.45, 2.75) is 26.4 Å². The lowest BCUT2D eigenvalue weighted by molar-refractivity contribution is -0.384. The van der Waals surface area contributed by atoms with Gasteiger partial charge in [0.1, 0.15) is 5.82 Å². The number of rotatable bonds is 7. The Morgan fingerprint density at radius 1 is 1.28 bits per heavy atom. The summed E-state index contributed by atoms with van der Waals surface area (Å²) in [4.78, 5) is 44.4. The molecule has 2 N–H and O–H groups in total. The van der Waals surface area contributed by atoms with Crippen molar-refractivity contribution < 1.29 is 9.72 Å². The predicted octanol–water partition coefficient (Wildman–Crippen LogP) is 2.68. The van der Waals surface area contributed by atoms with Gasteiger partial charge >= 0.3 is 0 Å². The topological polar surface area (TPSA) is 121 Å². The van der Waals surface area contributed by atoms with E-state index in [0.717, 1.165) is 0 Å². The molecule has 0 saturated carbocycles. The van der Waals surface area contributed by atoms with Gasteiger partial charge in [-0.25, -0.2) is 4.98 Å². The number of anilines is 1. The second-order valence-corrected chi connectivity index (χ2v) is 6.57. The smallest absolute Gasteiger partial charge is 0.271 e. The first kappa shape index (κ1) is 20.2. The third kappa shape index (κ3) is 4.64. The molecule has 1 unspecified atom stereocenters. The van der Waals surface area contributed by atoms with Crippen LogP contribution in [0.2, 0.25) is 0 Å². The highest BCUT2D eigenvalue weighted by Gasteiger charge is 2.22. The highest BCUT2D eigenvalue weighted by Crippen LogP contribution is 2.18. The fourth-order valence-corrected chi connectivity index (χ4v) is 3.03. The number of carbonyl (C=O) groups is 1. The molecule has 3 rings (SSSR count). The van der Waals surface area contributed by atoms with Crippen LogP contribution in [0.1, 0.15) is 19.7 Å². The lowest BCUT2D eigenvalue weighted by Crippen LogP contribution is -2.42. The SMILES string of the molecule is CCN(Cc1nc2ccccc2c(=O)[nH]1)C(C)C(=O)Nc1cccc([N+](=O)[O-])c1. The Bertz CT molecular complexity index is 1110.